The van der Waals surface area contributed by atoms with E-state index in [1.54, 1.807) is 0 Å². The van der Waals surface area contributed by atoms with Crippen LogP contribution in [0.1, 0.15) is 32.1 Å². The van der Waals surface area contributed by atoms with Crippen LogP contribution < -0.4 is 5.32 Å². The van der Waals surface area contributed by atoms with Crippen LogP contribution in [0.3, 0.4) is 0 Å². The molecular weight excluding hydrogens is 202 g/mol. The number of nitrogens with zero attached hydrogens (tertiary/aromatic N) is 2. The molecule has 16 heavy (non-hydrogen) atoms. The SMILES string of the molecule is N#CC1(CNC(=O)N2CCC3(CC3)C2)CC1. The Morgan fingerprint density at radius 3 is 2.56 bits per heavy atom. The fourth-order valence-electron chi connectivity index (χ4n) is 2.53. The molecule has 0 aromatic rings. The summed E-state index contributed by atoms with van der Waals surface area (Å²) in [6.45, 7) is 2.36. The second-order valence-electron chi connectivity index (χ2n) is 5.72. The first-order valence-electron chi connectivity index (χ1n) is 6.11. The number of carbonyl (C=O) groups is 1. The number of urea groups is 1. The quantitative estimate of drug-likeness (QED) is 0.765. The molecule has 0 aromatic carbocycles. The van der Waals surface area contributed by atoms with Crippen molar-refractivity contribution in [2.75, 3.05) is 19.6 Å². The molecule has 1 spiro atoms. The number of carbonyl (C=O) groups excluding carboxylic acids is 1. The van der Waals surface area contributed by atoms with Gasteiger partial charge in [-0.2, -0.15) is 5.26 Å². The van der Waals surface area contributed by atoms with Crippen LogP contribution in [-0.4, -0.2) is 30.6 Å². The van der Waals surface area contributed by atoms with Gasteiger partial charge in [-0.25, -0.2) is 4.79 Å². The monoisotopic (exact) mass is 219 g/mol. The van der Waals surface area contributed by atoms with Gasteiger partial charge in [-0.1, -0.05) is 0 Å². The summed E-state index contributed by atoms with van der Waals surface area (Å²) in [4.78, 5) is 13.8. The van der Waals surface area contributed by atoms with E-state index in [1.807, 2.05) is 4.90 Å². The average molecular weight is 219 g/mol. The van der Waals surface area contributed by atoms with Crippen molar-refractivity contribution in [2.45, 2.75) is 32.1 Å². The predicted molar refractivity (Wildman–Crippen MR) is 58.5 cm³/mol. The lowest BCUT2D eigenvalue weighted by Crippen LogP contribution is -2.41. The first kappa shape index (κ1) is 9.95. The third-order valence-electron chi connectivity index (χ3n) is 4.35. The van der Waals surface area contributed by atoms with E-state index >= 15 is 0 Å². The summed E-state index contributed by atoms with van der Waals surface area (Å²) in [6.07, 6.45) is 5.63. The summed E-state index contributed by atoms with van der Waals surface area (Å²) < 4.78 is 0. The molecule has 3 rings (SSSR count). The highest BCUT2D eigenvalue weighted by molar-refractivity contribution is 5.74. The molecule has 2 amide bonds. The van der Waals surface area contributed by atoms with E-state index in [-0.39, 0.29) is 11.4 Å². The Hall–Kier alpha value is -1.24. The van der Waals surface area contributed by atoms with E-state index in [1.165, 1.54) is 19.3 Å². The van der Waals surface area contributed by atoms with Crippen LogP contribution in [0.15, 0.2) is 0 Å². The zero-order valence-electron chi connectivity index (χ0n) is 9.46. The number of hydrogen-bond donors (Lipinski definition) is 1. The van der Waals surface area contributed by atoms with E-state index in [0.29, 0.717) is 12.0 Å². The molecule has 0 aromatic heterocycles. The van der Waals surface area contributed by atoms with Gasteiger partial charge in [-0.05, 0) is 37.5 Å². The molecule has 1 heterocycles. The van der Waals surface area contributed by atoms with Gasteiger partial charge in [-0.15, -0.1) is 0 Å². The zero-order valence-corrected chi connectivity index (χ0v) is 9.46. The number of amides is 2. The molecule has 0 radical (unpaired) electrons. The lowest BCUT2D eigenvalue weighted by Gasteiger charge is -2.18. The van der Waals surface area contributed by atoms with Crippen LogP contribution in [0.25, 0.3) is 0 Å². The van der Waals surface area contributed by atoms with Crippen LogP contribution >= 0.6 is 0 Å². The molecule has 0 atom stereocenters. The number of nitriles is 1. The Morgan fingerprint density at radius 2 is 2.06 bits per heavy atom. The number of nitrogens with one attached hydrogen (secondary N) is 1. The first-order valence-corrected chi connectivity index (χ1v) is 6.11. The van der Waals surface area contributed by atoms with Crippen molar-refractivity contribution in [3.63, 3.8) is 0 Å². The van der Waals surface area contributed by atoms with Gasteiger partial charge in [0.15, 0.2) is 0 Å². The standard InChI is InChI=1S/C12H17N3O/c13-7-12(3-4-12)8-14-10(16)15-6-5-11(9-15)1-2-11/h1-6,8-9H2,(H,14,16). The molecule has 3 aliphatic rings. The Labute approximate surface area is 95.6 Å². The predicted octanol–water partition coefficient (Wildman–Crippen LogP) is 1.49. The average Bonchev–Trinajstić information content (AvgIpc) is 3.16. The highest BCUT2D eigenvalue weighted by atomic mass is 16.2. The smallest absolute Gasteiger partial charge is 0.317 e. The van der Waals surface area contributed by atoms with Crippen molar-refractivity contribution < 1.29 is 4.79 Å². The molecule has 1 saturated heterocycles. The second-order valence-corrected chi connectivity index (χ2v) is 5.72. The Bertz CT molecular complexity index is 363. The lowest BCUT2D eigenvalue weighted by atomic mass is 10.1. The van der Waals surface area contributed by atoms with Gasteiger partial charge in [0.25, 0.3) is 0 Å². The summed E-state index contributed by atoms with van der Waals surface area (Å²) in [5.74, 6) is 0. The minimum atomic E-state index is -0.230. The number of rotatable bonds is 2. The minimum absolute atomic E-state index is 0.0327. The van der Waals surface area contributed by atoms with Crippen molar-refractivity contribution in [2.24, 2.45) is 10.8 Å². The fraction of sp³-hybridized carbons (Fsp3) is 0.833. The van der Waals surface area contributed by atoms with Gasteiger partial charge in [0.1, 0.15) is 0 Å². The largest absolute Gasteiger partial charge is 0.336 e. The van der Waals surface area contributed by atoms with E-state index in [9.17, 15) is 4.79 Å². The second kappa shape index (κ2) is 3.13. The van der Waals surface area contributed by atoms with Gasteiger partial charge in [0, 0.05) is 19.6 Å². The highest BCUT2D eigenvalue weighted by Gasteiger charge is 2.49. The first-order chi connectivity index (χ1) is 7.67. The fourth-order valence-corrected chi connectivity index (χ4v) is 2.53. The Morgan fingerprint density at radius 1 is 1.31 bits per heavy atom. The summed E-state index contributed by atoms with van der Waals surface area (Å²) in [5, 5.41) is 11.8. The van der Waals surface area contributed by atoms with E-state index < -0.39 is 0 Å². The van der Waals surface area contributed by atoms with Crippen LogP contribution in [0.2, 0.25) is 0 Å². The molecule has 0 bridgehead atoms. The molecule has 0 unspecified atom stereocenters. The third-order valence-corrected chi connectivity index (χ3v) is 4.35. The molecule has 1 aliphatic heterocycles. The van der Waals surface area contributed by atoms with E-state index in [4.69, 9.17) is 5.26 Å². The Balaban J connectivity index is 1.49. The minimum Gasteiger partial charge on any atom is -0.336 e. The summed E-state index contributed by atoms with van der Waals surface area (Å²) in [7, 11) is 0. The maximum atomic E-state index is 11.9. The normalized spacial score (nSPS) is 27.6. The van der Waals surface area contributed by atoms with Gasteiger partial charge in [-0.3, -0.25) is 0 Å². The number of likely N-dealkylation sites (tertiary alicyclic amines) is 1. The van der Waals surface area contributed by atoms with Crippen LogP contribution in [0, 0.1) is 22.2 Å². The van der Waals surface area contributed by atoms with E-state index in [0.717, 1.165) is 25.9 Å². The van der Waals surface area contributed by atoms with Crippen molar-refractivity contribution >= 4 is 6.03 Å². The van der Waals surface area contributed by atoms with Crippen LogP contribution in [0.5, 0.6) is 0 Å². The molecule has 2 saturated carbocycles. The van der Waals surface area contributed by atoms with Crippen molar-refractivity contribution in [3.8, 4) is 6.07 Å². The van der Waals surface area contributed by atoms with Gasteiger partial charge >= 0.3 is 6.03 Å². The van der Waals surface area contributed by atoms with Crippen molar-refractivity contribution in [3.05, 3.63) is 0 Å². The Kier molecular flexibility index (Phi) is 1.95. The van der Waals surface area contributed by atoms with Crippen LogP contribution in [-0.2, 0) is 0 Å². The molecule has 4 nitrogen and oxygen atoms in total. The summed E-state index contributed by atoms with van der Waals surface area (Å²) in [5.41, 5.74) is 0.260. The molecule has 1 N–H and O–H groups in total. The van der Waals surface area contributed by atoms with Crippen molar-refractivity contribution in [1.29, 1.82) is 5.26 Å². The summed E-state index contributed by atoms with van der Waals surface area (Å²) in [6, 6.07) is 2.33. The summed E-state index contributed by atoms with van der Waals surface area (Å²) >= 11 is 0. The van der Waals surface area contributed by atoms with Gasteiger partial charge in [0.05, 0.1) is 11.5 Å². The third kappa shape index (κ3) is 1.64. The molecule has 86 valence electrons. The zero-order chi connectivity index (χ0) is 11.2. The van der Waals surface area contributed by atoms with Crippen molar-refractivity contribution in [1.82, 2.24) is 10.2 Å². The molecular formula is C12H17N3O. The van der Waals surface area contributed by atoms with E-state index in [2.05, 4.69) is 11.4 Å². The maximum absolute atomic E-state index is 11.9. The van der Waals surface area contributed by atoms with Crippen LogP contribution in [0.4, 0.5) is 4.79 Å². The molecule has 2 aliphatic carbocycles. The molecule has 4 heteroatoms. The van der Waals surface area contributed by atoms with Gasteiger partial charge in [0.2, 0.25) is 0 Å². The maximum Gasteiger partial charge on any atom is 0.317 e. The molecule has 3 fully saturated rings. The number of hydrogen-bond acceptors (Lipinski definition) is 2. The lowest BCUT2D eigenvalue weighted by molar-refractivity contribution is 0.205. The highest BCUT2D eigenvalue weighted by Crippen LogP contribution is 2.52. The van der Waals surface area contributed by atoms with Gasteiger partial charge < -0.3 is 10.2 Å². The topological polar surface area (TPSA) is 56.1 Å².